The summed E-state index contributed by atoms with van der Waals surface area (Å²) >= 11 is 0. The zero-order valence-corrected chi connectivity index (χ0v) is 11.3. The molecular formula is C14H23NO2. The van der Waals surface area contributed by atoms with Crippen molar-refractivity contribution in [1.82, 2.24) is 4.90 Å². The molecule has 3 heteroatoms. The summed E-state index contributed by atoms with van der Waals surface area (Å²) in [7, 11) is 0. The van der Waals surface area contributed by atoms with E-state index in [1.54, 1.807) is 4.90 Å². The number of carbonyl (C=O) groups is 1. The van der Waals surface area contributed by atoms with Crippen molar-refractivity contribution in [3.63, 3.8) is 0 Å². The highest BCUT2D eigenvalue weighted by Gasteiger charge is 2.26. The summed E-state index contributed by atoms with van der Waals surface area (Å²) in [5.41, 5.74) is 0.629. The lowest BCUT2D eigenvalue weighted by molar-refractivity contribution is 0.0286. The second-order valence-corrected chi connectivity index (χ2v) is 5.27. The Hall–Kier alpha value is -1.25. The van der Waals surface area contributed by atoms with Gasteiger partial charge < -0.3 is 4.74 Å². The van der Waals surface area contributed by atoms with Crippen molar-refractivity contribution < 1.29 is 9.53 Å². The maximum absolute atomic E-state index is 12.0. The number of hydrogen-bond acceptors (Lipinski definition) is 2. The molecule has 1 heterocycles. The molecule has 0 aliphatic carbocycles. The van der Waals surface area contributed by atoms with E-state index in [9.17, 15) is 4.79 Å². The molecule has 17 heavy (non-hydrogen) atoms. The van der Waals surface area contributed by atoms with Gasteiger partial charge in [-0.2, -0.15) is 0 Å². The molecule has 1 amide bonds. The van der Waals surface area contributed by atoms with Crippen LogP contribution in [0.3, 0.4) is 0 Å². The number of rotatable bonds is 1. The normalized spacial score (nSPS) is 20.0. The summed E-state index contributed by atoms with van der Waals surface area (Å²) in [6, 6.07) is 0. The third kappa shape index (κ3) is 4.63. The number of ether oxygens (including phenoxy) is 1. The van der Waals surface area contributed by atoms with Gasteiger partial charge in [-0.05, 0) is 53.0 Å². The molecule has 3 nitrogen and oxygen atoms in total. The van der Waals surface area contributed by atoms with Gasteiger partial charge in [0.15, 0.2) is 0 Å². The van der Waals surface area contributed by atoms with E-state index in [-0.39, 0.29) is 6.09 Å². The van der Waals surface area contributed by atoms with Crippen LogP contribution in [0.5, 0.6) is 0 Å². The maximum atomic E-state index is 12.0. The van der Waals surface area contributed by atoms with Gasteiger partial charge in [0.05, 0.1) is 0 Å². The Kier molecular flexibility index (Phi) is 4.79. The first-order chi connectivity index (χ1) is 7.94. The van der Waals surface area contributed by atoms with Crippen molar-refractivity contribution in [2.24, 2.45) is 0 Å². The van der Waals surface area contributed by atoms with Crippen LogP contribution in [0.2, 0.25) is 0 Å². The molecule has 0 aromatic rings. The van der Waals surface area contributed by atoms with Gasteiger partial charge in [0.25, 0.3) is 0 Å². The summed E-state index contributed by atoms with van der Waals surface area (Å²) < 4.78 is 5.41. The van der Waals surface area contributed by atoms with Crippen LogP contribution in [-0.2, 0) is 4.74 Å². The van der Waals surface area contributed by atoms with Crippen molar-refractivity contribution >= 4 is 6.09 Å². The first-order valence-corrected chi connectivity index (χ1v) is 6.26. The largest absolute Gasteiger partial charge is 0.443 e. The predicted molar refractivity (Wildman–Crippen MR) is 69.7 cm³/mol. The molecule has 0 N–H and O–H groups in total. The Labute approximate surface area is 104 Å². The number of piperidine rings is 1. The highest BCUT2D eigenvalue weighted by Crippen LogP contribution is 2.23. The summed E-state index contributed by atoms with van der Waals surface area (Å²) in [5.74, 6) is 0. The monoisotopic (exact) mass is 237 g/mol. The molecule has 1 aliphatic rings. The van der Waals surface area contributed by atoms with E-state index in [2.05, 4.69) is 0 Å². The lowest BCUT2D eigenvalue weighted by atomic mass is 10.1. The van der Waals surface area contributed by atoms with E-state index >= 15 is 0 Å². The molecule has 1 aliphatic heterocycles. The van der Waals surface area contributed by atoms with Crippen LogP contribution in [0.1, 0.15) is 47.0 Å². The summed E-state index contributed by atoms with van der Waals surface area (Å²) in [5, 5.41) is 0. The zero-order chi connectivity index (χ0) is 12.9. The minimum absolute atomic E-state index is 0.229. The van der Waals surface area contributed by atoms with E-state index in [0.717, 1.165) is 31.5 Å². The minimum Gasteiger partial charge on any atom is -0.443 e. The van der Waals surface area contributed by atoms with Gasteiger partial charge in [-0.1, -0.05) is 12.2 Å². The fraction of sp³-hybridized carbons (Fsp3) is 0.643. The average molecular weight is 237 g/mol. The van der Waals surface area contributed by atoms with Crippen molar-refractivity contribution in [2.45, 2.75) is 52.6 Å². The quantitative estimate of drug-likeness (QED) is 0.693. The summed E-state index contributed by atoms with van der Waals surface area (Å²) in [6.07, 6.45) is 8.85. The smallest absolute Gasteiger partial charge is 0.414 e. The average Bonchev–Trinajstić information content (AvgIpc) is 2.24. The second kappa shape index (κ2) is 5.89. The molecule has 0 bridgehead atoms. The van der Waals surface area contributed by atoms with Gasteiger partial charge in [0, 0.05) is 12.2 Å². The Morgan fingerprint density at radius 3 is 2.65 bits per heavy atom. The van der Waals surface area contributed by atoms with Gasteiger partial charge in [0.2, 0.25) is 0 Å². The summed E-state index contributed by atoms with van der Waals surface area (Å²) in [4.78, 5) is 13.8. The molecule has 0 saturated carbocycles. The fourth-order valence-electron chi connectivity index (χ4n) is 1.76. The lowest BCUT2D eigenvalue weighted by Crippen LogP contribution is -2.38. The van der Waals surface area contributed by atoms with Crippen LogP contribution in [-0.4, -0.2) is 23.1 Å². The number of hydrogen-bond donors (Lipinski definition) is 0. The molecule has 0 radical (unpaired) electrons. The minimum atomic E-state index is -0.430. The molecule has 0 atom stereocenters. The Bertz CT molecular complexity index is 324. The third-order valence-corrected chi connectivity index (χ3v) is 2.51. The fourth-order valence-corrected chi connectivity index (χ4v) is 1.76. The SMILES string of the molecule is C/C=C/C=C1\CCCCN1C(=O)OC(C)(C)C. The van der Waals surface area contributed by atoms with Crippen LogP contribution in [0.25, 0.3) is 0 Å². The number of allylic oxidation sites excluding steroid dienone is 4. The zero-order valence-electron chi connectivity index (χ0n) is 11.3. The topological polar surface area (TPSA) is 29.5 Å². The molecular weight excluding hydrogens is 214 g/mol. The maximum Gasteiger partial charge on any atom is 0.414 e. The number of nitrogens with zero attached hydrogens (tertiary/aromatic N) is 1. The first kappa shape index (κ1) is 13.8. The molecule has 0 aromatic heterocycles. The van der Waals surface area contributed by atoms with Crippen molar-refractivity contribution in [3.8, 4) is 0 Å². The van der Waals surface area contributed by atoms with Crippen LogP contribution >= 0.6 is 0 Å². The van der Waals surface area contributed by atoms with Crippen molar-refractivity contribution in [2.75, 3.05) is 6.54 Å². The van der Waals surface area contributed by atoms with E-state index < -0.39 is 5.60 Å². The Morgan fingerprint density at radius 2 is 2.06 bits per heavy atom. The summed E-state index contributed by atoms with van der Waals surface area (Å²) in [6.45, 7) is 8.41. The van der Waals surface area contributed by atoms with Crippen molar-refractivity contribution in [1.29, 1.82) is 0 Å². The van der Waals surface area contributed by atoms with Crippen LogP contribution < -0.4 is 0 Å². The highest BCUT2D eigenvalue weighted by atomic mass is 16.6. The van der Waals surface area contributed by atoms with Gasteiger partial charge in [0.1, 0.15) is 5.60 Å². The molecule has 0 unspecified atom stereocenters. The molecule has 1 fully saturated rings. The predicted octanol–water partition coefficient (Wildman–Crippen LogP) is 3.87. The molecule has 1 rings (SSSR count). The van der Waals surface area contributed by atoms with E-state index in [4.69, 9.17) is 4.74 Å². The van der Waals surface area contributed by atoms with E-state index in [0.29, 0.717) is 0 Å². The Morgan fingerprint density at radius 1 is 1.35 bits per heavy atom. The number of likely N-dealkylation sites (tertiary alicyclic amines) is 1. The first-order valence-electron chi connectivity index (χ1n) is 6.26. The van der Waals surface area contributed by atoms with Crippen LogP contribution in [0.15, 0.2) is 23.9 Å². The standard InChI is InChI=1S/C14H23NO2/c1-5-6-9-12-10-7-8-11-15(12)13(16)17-14(2,3)4/h5-6,9H,7-8,10-11H2,1-4H3/b6-5+,12-9+. The second-order valence-electron chi connectivity index (χ2n) is 5.27. The van der Waals surface area contributed by atoms with Crippen molar-refractivity contribution in [3.05, 3.63) is 23.9 Å². The molecule has 0 aromatic carbocycles. The van der Waals surface area contributed by atoms with Gasteiger partial charge in [-0.25, -0.2) is 4.79 Å². The van der Waals surface area contributed by atoms with E-state index in [1.807, 2.05) is 45.9 Å². The molecule has 96 valence electrons. The third-order valence-electron chi connectivity index (χ3n) is 2.51. The van der Waals surface area contributed by atoms with Crippen LogP contribution in [0, 0.1) is 0 Å². The number of carbonyl (C=O) groups excluding carboxylic acids is 1. The highest BCUT2D eigenvalue weighted by molar-refractivity contribution is 5.70. The molecule has 1 saturated heterocycles. The molecule has 0 spiro atoms. The Balaban J connectivity index is 2.74. The van der Waals surface area contributed by atoms with Gasteiger partial charge in [-0.3, -0.25) is 4.90 Å². The van der Waals surface area contributed by atoms with E-state index in [1.165, 1.54) is 0 Å². The number of amides is 1. The van der Waals surface area contributed by atoms with Crippen LogP contribution in [0.4, 0.5) is 4.79 Å². The van der Waals surface area contributed by atoms with Gasteiger partial charge >= 0.3 is 6.09 Å². The lowest BCUT2D eigenvalue weighted by Gasteiger charge is -2.31. The van der Waals surface area contributed by atoms with Gasteiger partial charge in [-0.15, -0.1) is 0 Å².